The fourth-order valence-corrected chi connectivity index (χ4v) is 3.45. The maximum Gasteiger partial charge on any atom is 0.330 e. The Morgan fingerprint density at radius 3 is 2.30 bits per heavy atom. The molecule has 1 aliphatic carbocycles. The van der Waals surface area contributed by atoms with E-state index in [0.29, 0.717) is 18.4 Å². The van der Waals surface area contributed by atoms with Gasteiger partial charge >= 0.3 is 5.97 Å². The molecule has 2 amide bonds. The monoisotopic (exact) mass is 370 g/mol. The molecule has 1 saturated carbocycles. The number of carbonyl (C=O) groups is 3. The Morgan fingerprint density at radius 2 is 1.70 bits per heavy atom. The van der Waals surface area contributed by atoms with Gasteiger partial charge in [0.05, 0.1) is 6.26 Å². The van der Waals surface area contributed by atoms with E-state index in [1.165, 1.54) is 12.3 Å². The predicted octanol–water partition coefficient (Wildman–Crippen LogP) is 2.65. The van der Waals surface area contributed by atoms with Crippen molar-refractivity contribution in [3.63, 3.8) is 0 Å². The molecule has 3 N–H and O–H groups in total. The number of furan rings is 1. The average molecular weight is 370 g/mol. The normalized spacial score (nSPS) is 16.9. The molecule has 0 unspecified atom stereocenters. The van der Waals surface area contributed by atoms with Crippen molar-refractivity contribution in [1.82, 2.24) is 10.6 Å². The lowest BCUT2D eigenvalue weighted by atomic mass is 9.80. The maximum absolute atomic E-state index is 13.1. The lowest BCUT2D eigenvalue weighted by Crippen LogP contribution is -2.60. The number of benzene rings is 1. The Balaban J connectivity index is 1.82. The lowest BCUT2D eigenvalue weighted by Gasteiger charge is -2.37. The van der Waals surface area contributed by atoms with Gasteiger partial charge in [-0.25, -0.2) is 4.79 Å². The first-order valence-corrected chi connectivity index (χ1v) is 8.96. The van der Waals surface area contributed by atoms with E-state index in [2.05, 4.69) is 10.6 Å². The maximum atomic E-state index is 13.1. The SMILES string of the molecule is O=C(NC1(C(=O)N[C@H](C(=O)O)c2ccccc2)CCCCC1)c1ccco1. The molecule has 0 bridgehead atoms. The largest absolute Gasteiger partial charge is 0.479 e. The molecule has 7 nitrogen and oxygen atoms in total. The Kier molecular flexibility index (Phi) is 5.59. The third kappa shape index (κ3) is 4.19. The van der Waals surface area contributed by atoms with Crippen LogP contribution in [0.5, 0.6) is 0 Å². The highest BCUT2D eigenvalue weighted by atomic mass is 16.4. The summed E-state index contributed by atoms with van der Waals surface area (Å²) in [6.45, 7) is 0. The van der Waals surface area contributed by atoms with E-state index in [4.69, 9.17) is 4.42 Å². The fraction of sp³-hybridized carbons (Fsp3) is 0.350. The second kappa shape index (κ2) is 8.07. The average Bonchev–Trinajstić information content (AvgIpc) is 3.22. The molecule has 142 valence electrons. The molecule has 1 aliphatic rings. The Bertz CT molecular complexity index is 795. The summed E-state index contributed by atoms with van der Waals surface area (Å²) in [4.78, 5) is 37.3. The molecule has 1 aromatic carbocycles. The van der Waals surface area contributed by atoms with E-state index >= 15 is 0 Å². The molecule has 7 heteroatoms. The third-order valence-corrected chi connectivity index (χ3v) is 4.89. The Hall–Kier alpha value is -3.09. The zero-order valence-corrected chi connectivity index (χ0v) is 14.8. The van der Waals surface area contributed by atoms with E-state index in [1.54, 1.807) is 36.4 Å². The first kappa shape index (κ1) is 18.7. The van der Waals surface area contributed by atoms with Gasteiger partial charge in [-0.15, -0.1) is 0 Å². The number of nitrogens with one attached hydrogen (secondary N) is 2. The number of carboxylic acids is 1. The molecule has 0 saturated heterocycles. The zero-order chi connectivity index (χ0) is 19.3. The summed E-state index contributed by atoms with van der Waals surface area (Å²) in [6, 6.07) is 10.4. The standard InChI is InChI=1S/C20H22N2O5/c23-17(15-10-7-13-27-15)22-20(11-5-2-6-12-20)19(26)21-16(18(24)25)14-8-3-1-4-9-14/h1,3-4,7-10,13,16H,2,5-6,11-12H2,(H,21,26)(H,22,23)(H,24,25)/t16-/m0/s1. The van der Waals surface area contributed by atoms with E-state index in [0.717, 1.165) is 19.3 Å². The summed E-state index contributed by atoms with van der Waals surface area (Å²) in [7, 11) is 0. The van der Waals surface area contributed by atoms with Crippen LogP contribution in [0.1, 0.15) is 54.3 Å². The van der Waals surface area contributed by atoms with Gasteiger partial charge in [0.25, 0.3) is 5.91 Å². The quantitative estimate of drug-likeness (QED) is 0.724. The van der Waals surface area contributed by atoms with Crippen molar-refractivity contribution >= 4 is 17.8 Å². The minimum Gasteiger partial charge on any atom is -0.479 e. The fourth-order valence-electron chi connectivity index (χ4n) is 3.45. The predicted molar refractivity (Wildman–Crippen MR) is 97.0 cm³/mol. The number of hydrogen-bond donors (Lipinski definition) is 3. The van der Waals surface area contributed by atoms with Gasteiger partial charge in [0.15, 0.2) is 11.8 Å². The molecule has 3 rings (SSSR count). The molecule has 0 radical (unpaired) electrons. The summed E-state index contributed by atoms with van der Waals surface area (Å²) in [5, 5.41) is 15.0. The summed E-state index contributed by atoms with van der Waals surface area (Å²) in [6.07, 6.45) is 4.80. The second-order valence-electron chi connectivity index (χ2n) is 6.73. The van der Waals surface area contributed by atoms with Crippen LogP contribution in [0.15, 0.2) is 53.1 Å². The molecule has 27 heavy (non-hydrogen) atoms. The van der Waals surface area contributed by atoms with Gasteiger partial charge in [-0.2, -0.15) is 0 Å². The van der Waals surface area contributed by atoms with E-state index in [9.17, 15) is 19.5 Å². The highest BCUT2D eigenvalue weighted by Gasteiger charge is 2.43. The van der Waals surface area contributed by atoms with Gasteiger partial charge < -0.3 is 20.2 Å². The number of amides is 2. The van der Waals surface area contributed by atoms with Crippen LogP contribution >= 0.6 is 0 Å². The van der Waals surface area contributed by atoms with Crippen LogP contribution < -0.4 is 10.6 Å². The minimum atomic E-state index is -1.18. The molecule has 1 fully saturated rings. The van der Waals surface area contributed by atoms with Crippen molar-refractivity contribution in [1.29, 1.82) is 0 Å². The van der Waals surface area contributed by atoms with Crippen LogP contribution in [-0.4, -0.2) is 28.4 Å². The number of rotatable bonds is 6. The van der Waals surface area contributed by atoms with Gasteiger partial charge in [0.1, 0.15) is 5.54 Å². The first-order valence-electron chi connectivity index (χ1n) is 8.96. The van der Waals surface area contributed by atoms with E-state index < -0.39 is 29.4 Å². The molecular weight excluding hydrogens is 348 g/mol. The Labute approximate surface area is 156 Å². The van der Waals surface area contributed by atoms with E-state index in [1.807, 2.05) is 0 Å². The summed E-state index contributed by atoms with van der Waals surface area (Å²) in [5.74, 6) is -2.01. The topological polar surface area (TPSA) is 109 Å². The molecule has 1 aromatic heterocycles. The lowest BCUT2D eigenvalue weighted by molar-refractivity contribution is -0.143. The summed E-state index contributed by atoms with van der Waals surface area (Å²) in [5.41, 5.74) is -0.674. The first-order chi connectivity index (χ1) is 13.0. The highest BCUT2D eigenvalue weighted by molar-refractivity contribution is 5.98. The van der Waals surface area contributed by atoms with Crippen molar-refractivity contribution in [2.24, 2.45) is 0 Å². The minimum absolute atomic E-state index is 0.116. The molecule has 2 aromatic rings. The molecule has 1 atom stereocenters. The third-order valence-electron chi connectivity index (χ3n) is 4.89. The van der Waals surface area contributed by atoms with Crippen molar-refractivity contribution in [2.75, 3.05) is 0 Å². The van der Waals surface area contributed by atoms with E-state index in [-0.39, 0.29) is 5.76 Å². The smallest absolute Gasteiger partial charge is 0.330 e. The Morgan fingerprint density at radius 1 is 1.00 bits per heavy atom. The summed E-state index contributed by atoms with van der Waals surface area (Å²) < 4.78 is 5.11. The molecular formula is C20H22N2O5. The number of hydrogen-bond acceptors (Lipinski definition) is 4. The van der Waals surface area contributed by atoms with Gasteiger partial charge in [-0.1, -0.05) is 49.6 Å². The van der Waals surface area contributed by atoms with Crippen LogP contribution in [0.3, 0.4) is 0 Å². The van der Waals surface area contributed by atoms with Gasteiger partial charge in [-0.3, -0.25) is 9.59 Å². The number of carbonyl (C=O) groups excluding carboxylic acids is 2. The van der Waals surface area contributed by atoms with Crippen LogP contribution in [0, 0.1) is 0 Å². The van der Waals surface area contributed by atoms with Crippen molar-refractivity contribution < 1.29 is 23.9 Å². The van der Waals surface area contributed by atoms with Crippen molar-refractivity contribution in [3.05, 3.63) is 60.1 Å². The van der Waals surface area contributed by atoms with Crippen molar-refractivity contribution in [2.45, 2.75) is 43.7 Å². The number of carboxylic acid groups (broad SMARTS) is 1. The van der Waals surface area contributed by atoms with Crippen LogP contribution in [0.2, 0.25) is 0 Å². The van der Waals surface area contributed by atoms with Crippen molar-refractivity contribution in [3.8, 4) is 0 Å². The van der Waals surface area contributed by atoms with Crippen LogP contribution in [-0.2, 0) is 9.59 Å². The summed E-state index contributed by atoms with van der Waals surface area (Å²) >= 11 is 0. The number of aliphatic carboxylic acids is 1. The zero-order valence-electron chi connectivity index (χ0n) is 14.8. The van der Waals surface area contributed by atoms with Gasteiger partial charge in [-0.05, 0) is 30.5 Å². The van der Waals surface area contributed by atoms with Gasteiger partial charge in [0.2, 0.25) is 5.91 Å². The molecule has 1 heterocycles. The van der Waals surface area contributed by atoms with Crippen LogP contribution in [0.4, 0.5) is 0 Å². The van der Waals surface area contributed by atoms with Gasteiger partial charge in [0, 0.05) is 0 Å². The highest BCUT2D eigenvalue weighted by Crippen LogP contribution is 2.30. The molecule has 0 spiro atoms. The second-order valence-corrected chi connectivity index (χ2v) is 6.73. The van der Waals surface area contributed by atoms with Crippen LogP contribution in [0.25, 0.3) is 0 Å². The molecule has 0 aliphatic heterocycles.